The normalized spacial score (nSPS) is 10.3. The van der Waals surface area contributed by atoms with Crippen LogP contribution in [0.4, 0.5) is 11.5 Å². The number of nitrogens with zero attached hydrogens (tertiary/aromatic N) is 1. The first-order chi connectivity index (χ1) is 8.95. The monoisotopic (exact) mass is 316 g/mol. The van der Waals surface area contributed by atoms with Crippen molar-refractivity contribution in [1.82, 2.24) is 4.98 Å². The van der Waals surface area contributed by atoms with Gasteiger partial charge in [-0.2, -0.15) is 0 Å². The van der Waals surface area contributed by atoms with E-state index in [4.69, 9.17) is 39.9 Å². The Morgan fingerprint density at radius 3 is 2.32 bits per heavy atom. The highest BCUT2D eigenvalue weighted by atomic mass is 35.5. The van der Waals surface area contributed by atoms with Crippen molar-refractivity contribution in [2.24, 2.45) is 0 Å². The summed E-state index contributed by atoms with van der Waals surface area (Å²) in [7, 11) is 0. The van der Waals surface area contributed by atoms with Crippen LogP contribution in [0.2, 0.25) is 15.1 Å². The molecule has 2 N–H and O–H groups in total. The van der Waals surface area contributed by atoms with Crippen molar-refractivity contribution in [1.29, 1.82) is 0 Å². The van der Waals surface area contributed by atoms with Gasteiger partial charge >= 0.3 is 5.97 Å². The van der Waals surface area contributed by atoms with Gasteiger partial charge in [0.2, 0.25) is 0 Å². The predicted octanol–water partition coefficient (Wildman–Crippen LogP) is 4.48. The molecular weight excluding hydrogens is 311 g/mol. The summed E-state index contributed by atoms with van der Waals surface area (Å²) in [6.07, 6.45) is 1.26. The Labute approximate surface area is 123 Å². The number of hydrogen-bond donors (Lipinski definition) is 2. The molecule has 0 fully saturated rings. The van der Waals surface area contributed by atoms with E-state index in [2.05, 4.69) is 10.3 Å². The van der Waals surface area contributed by atoms with E-state index in [1.165, 1.54) is 12.3 Å². The number of carboxylic acid groups (broad SMARTS) is 1. The minimum absolute atomic E-state index is 0.0349. The van der Waals surface area contributed by atoms with E-state index in [0.29, 0.717) is 21.6 Å². The highest BCUT2D eigenvalue weighted by molar-refractivity contribution is 6.35. The Morgan fingerprint density at radius 1 is 1.11 bits per heavy atom. The van der Waals surface area contributed by atoms with Gasteiger partial charge in [0.15, 0.2) is 0 Å². The fraction of sp³-hybridized carbons (Fsp3) is 0. The summed E-state index contributed by atoms with van der Waals surface area (Å²) >= 11 is 17.5. The fourth-order valence-corrected chi connectivity index (χ4v) is 2.16. The minimum Gasteiger partial charge on any atom is -0.478 e. The van der Waals surface area contributed by atoms with Gasteiger partial charge in [0.05, 0.1) is 10.6 Å². The lowest BCUT2D eigenvalue weighted by atomic mass is 10.2. The lowest BCUT2D eigenvalue weighted by Crippen LogP contribution is -2.01. The molecule has 1 aromatic heterocycles. The molecule has 0 aliphatic heterocycles. The highest BCUT2D eigenvalue weighted by Crippen LogP contribution is 2.26. The standard InChI is InChI=1S/C12H7Cl3N2O2/c13-6-1-7(14)3-8(2-6)17-11-4-9(12(18)19)10(15)5-16-11/h1-5H,(H,16,17)(H,18,19). The van der Waals surface area contributed by atoms with E-state index in [9.17, 15) is 4.79 Å². The Kier molecular flexibility index (Phi) is 4.14. The molecule has 1 aromatic carbocycles. The molecule has 0 radical (unpaired) electrons. The third-order valence-electron chi connectivity index (χ3n) is 2.22. The van der Waals surface area contributed by atoms with Crippen molar-refractivity contribution in [2.75, 3.05) is 5.32 Å². The second-order valence-corrected chi connectivity index (χ2v) is 4.92. The summed E-state index contributed by atoms with van der Waals surface area (Å²) in [5.41, 5.74) is 0.566. The quantitative estimate of drug-likeness (QED) is 0.876. The summed E-state index contributed by atoms with van der Waals surface area (Å²) in [5.74, 6) is -0.792. The Balaban J connectivity index is 2.33. The lowest BCUT2D eigenvalue weighted by Gasteiger charge is -2.08. The van der Waals surface area contributed by atoms with Gasteiger partial charge in [-0.15, -0.1) is 0 Å². The van der Waals surface area contributed by atoms with Crippen LogP contribution in [0.25, 0.3) is 0 Å². The average molecular weight is 318 g/mol. The number of benzene rings is 1. The average Bonchev–Trinajstić information content (AvgIpc) is 2.30. The van der Waals surface area contributed by atoms with Gasteiger partial charge in [0.1, 0.15) is 5.82 Å². The summed E-state index contributed by atoms with van der Waals surface area (Å²) in [6, 6.07) is 6.21. The SMILES string of the molecule is O=C(O)c1cc(Nc2cc(Cl)cc(Cl)c2)ncc1Cl. The summed E-state index contributed by atoms with van der Waals surface area (Å²) < 4.78 is 0. The van der Waals surface area contributed by atoms with Crippen LogP contribution in [0.5, 0.6) is 0 Å². The number of aromatic nitrogens is 1. The Hall–Kier alpha value is -1.49. The van der Waals surface area contributed by atoms with Gasteiger partial charge in [0.25, 0.3) is 0 Å². The van der Waals surface area contributed by atoms with Crippen molar-refractivity contribution in [3.8, 4) is 0 Å². The molecular formula is C12H7Cl3N2O2. The third kappa shape index (κ3) is 3.50. The number of anilines is 2. The molecule has 1 heterocycles. The topological polar surface area (TPSA) is 62.2 Å². The second kappa shape index (κ2) is 5.65. The van der Waals surface area contributed by atoms with Crippen molar-refractivity contribution in [3.05, 3.63) is 51.1 Å². The molecule has 0 aliphatic carbocycles. The molecule has 98 valence electrons. The number of halogens is 3. The van der Waals surface area contributed by atoms with Crippen LogP contribution in [-0.4, -0.2) is 16.1 Å². The van der Waals surface area contributed by atoms with Crippen LogP contribution >= 0.6 is 34.8 Å². The van der Waals surface area contributed by atoms with Crippen LogP contribution in [0, 0.1) is 0 Å². The molecule has 0 atom stereocenters. The van der Waals surface area contributed by atoms with E-state index in [1.807, 2.05) is 0 Å². The molecule has 0 unspecified atom stereocenters. The van der Waals surface area contributed by atoms with E-state index in [0.717, 1.165) is 0 Å². The third-order valence-corrected chi connectivity index (χ3v) is 2.96. The van der Waals surface area contributed by atoms with Crippen LogP contribution in [-0.2, 0) is 0 Å². The van der Waals surface area contributed by atoms with Gasteiger partial charge in [-0.25, -0.2) is 9.78 Å². The molecule has 0 saturated heterocycles. The zero-order valence-corrected chi connectivity index (χ0v) is 11.6. The lowest BCUT2D eigenvalue weighted by molar-refractivity contribution is 0.0697. The summed E-state index contributed by atoms with van der Waals surface area (Å²) in [5, 5.41) is 12.9. The van der Waals surface area contributed by atoms with Crippen LogP contribution in [0.1, 0.15) is 10.4 Å². The van der Waals surface area contributed by atoms with Crippen LogP contribution in [0.15, 0.2) is 30.5 Å². The maximum Gasteiger partial charge on any atom is 0.337 e. The van der Waals surface area contributed by atoms with Gasteiger partial charge < -0.3 is 10.4 Å². The molecule has 2 rings (SSSR count). The molecule has 0 spiro atoms. The number of carboxylic acids is 1. The molecule has 2 aromatic rings. The zero-order valence-electron chi connectivity index (χ0n) is 9.32. The van der Waals surface area contributed by atoms with Crippen molar-refractivity contribution >= 4 is 52.3 Å². The van der Waals surface area contributed by atoms with E-state index in [1.54, 1.807) is 18.2 Å². The van der Waals surface area contributed by atoms with Crippen molar-refractivity contribution < 1.29 is 9.90 Å². The largest absolute Gasteiger partial charge is 0.478 e. The second-order valence-electron chi connectivity index (χ2n) is 3.64. The van der Waals surface area contributed by atoms with Gasteiger partial charge in [0, 0.05) is 21.9 Å². The first-order valence-corrected chi connectivity index (χ1v) is 6.21. The number of hydrogen-bond acceptors (Lipinski definition) is 3. The number of rotatable bonds is 3. The molecule has 0 bridgehead atoms. The summed E-state index contributed by atoms with van der Waals surface area (Å²) in [4.78, 5) is 14.9. The van der Waals surface area contributed by atoms with Gasteiger partial charge in [-0.1, -0.05) is 34.8 Å². The van der Waals surface area contributed by atoms with Crippen LogP contribution < -0.4 is 5.32 Å². The maximum atomic E-state index is 11.0. The first-order valence-electron chi connectivity index (χ1n) is 5.07. The van der Waals surface area contributed by atoms with Gasteiger partial charge in [-0.05, 0) is 24.3 Å². The predicted molar refractivity (Wildman–Crippen MR) is 76.0 cm³/mol. The van der Waals surface area contributed by atoms with E-state index in [-0.39, 0.29) is 10.6 Å². The van der Waals surface area contributed by atoms with Crippen molar-refractivity contribution in [2.45, 2.75) is 0 Å². The molecule has 19 heavy (non-hydrogen) atoms. The fourth-order valence-electron chi connectivity index (χ4n) is 1.44. The maximum absolute atomic E-state index is 11.0. The van der Waals surface area contributed by atoms with E-state index >= 15 is 0 Å². The molecule has 0 amide bonds. The number of pyridine rings is 1. The van der Waals surface area contributed by atoms with Crippen molar-refractivity contribution in [3.63, 3.8) is 0 Å². The molecule has 0 aliphatic rings. The molecule has 4 nitrogen and oxygen atoms in total. The zero-order chi connectivity index (χ0) is 14.0. The highest BCUT2D eigenvalue weighted by Gasteiger charge is 2.10. The first kappa shape index (κ1) is 13.9. The molecule has 7 heteroatoms. The Morgan fingerprint density at radius 2 is 1.74 bits per heavy atom. The molecule has 0 saturated carbocycles. The smallest absolute Gasteiger partial charge is 0.337 e. The number of aromatic carboxylic acids is 1. The summed E-state index contributed by atoms with van der Waals surface area (Å²) in [6.45, 7) is 0. The number of nitrogens with one attached hydrogen (secondary N) is 1. The van der Waals surface area contributed by atoms with Crippen LogP contribution in [0.3, 0.4) is 0 Å². The van der Waals surface area contributed by atoms with E-state index < -0.39 is 5.97 Å². The Bertz CT molecular complexity index is 627. The van der Waals surface area contributed by atoms with Gasteiger partial charge in [-0.3, -0.25) is 0 Å². The minimum atomic E-state index is -1.13. The number of carbonyl (C=O) groups is 1.